The number of hydrogen-bond donors (Lipinski definition) is 0. The van der Waals surface area contributed by atoms with Gasteiger partial charge >= 0.3 is 0 Å². The summed E-state index contributed by atoms with van der Waals surface area (Å²) in [4.78, 5) is 18.8. The number of amides is 1. The highest BCUT2D eigenvalue weighted by Crippen LogP contribution is 2.26. The topological polar surface area (TPSA) is 68.5 Å². The summed E-state index contributed by atoms with van der Waals surface area (Å²) in [6.07, 6.45) is 1.55. The minimum absolute atomic E-state index is 0.0165. The number of aromatic nitrogens is 2. The van der Waals surface area contributed by atoms with Crippen molar-refractivity contribution < 1.29 is 18.4 Å². The lowest BCUT2D eigenvalue weighted by Crippen LogP contribution is -2.29. The number of benzene rings is 2. The minimum Gasteiger partial charge on any atom is -0.376 e. The maximum Gasteiger partial charge on any atom is 0.231 e. The fourth-order valence-corrected chi connectivity index (χ4v) is 3.58. The summed E-state index contributed by atoms with van der Waals surface area (Å²) in [7, 11) is 0. The van der Waals surface area contributed by atoms with E-state index in [0.717, 1.165) is 12.0 Å². The first kappa shape index (κ1) is 20.2. The van der Waals surface area contributed by atoms with Crippen molar-refractivity contribution in [2.45, 2.75) is 31.8 Å². The monoisotopic (exact) mass is 409 g/mol. The zero-order valence-corrected chi connectivity index (χ0v) is 16.7. The first-order chi connectivity index (χ1) is 14.7. The fourth-order valence-electron chi connectivity index (χ4n) is 3.58. The number of hydrogen-bond acceptors (Lipinski definition) is 5. The Balaban J connectivity index is 1.23. The standard InChI is InChI=1S/C23H24FN3O3/c24-20-8-4-7-18(13-20)14-22(28)27-11-9-19(15-27)23-25-21(26-30-23)10-12-29-16-17-5-2-1-3-6-17/h1-8,13,19H,9-12,14-16H2. The van der Waals surface area contributed by atoms with Crippen LogP contribution in [-0.2, 0) is 29.0 Å². The number of rotatable bonds is 8. The van der Waals surface area contributed by atoms with Gasteiger partial charge in [0, 0.05) is 19.5 Å². The zero-order chi connectivity index (χ0) is 20.8. The lowest BCUT2D eigenvalue weighted by molar-refractivity contribution is -0.129. The van der Waals surface area contributed by atoms with Crippen molar-refractivity contribution in [1.29, 1.82) is 0 Å². The highest BCUT2D eigenvalue weighted by molar-refractivity contribution is 5.79. The van der Waals surface area contributed by atoms with Crippen molar-refractivity contribution in [3.05, 3.63) is 83.3 Å². The van der Waals surface area contributed by atoms with Gasteiger partial charge in [-0.25, -0.2) is 4.39 Å². The van der Waals surface area contributed by atoms with Crippen molar-refractivity contribution >= 4 is 5.91 Å². The van der Waals surface area contributed by atoms with Crippen molar-refractivity contribution in [2.75, 3.05) is 19.7 Å². The Morgan fingerprint density at radius 3 is 2.83 bits per heavy atom. The summed E-state index contributed by atoms with van der Waals surface area (Å²) in [5, 5.41) is 4.04. The first-order valence-corrected chi connectivity index (χ1v) is 10.1. The Kier molecular flexibility index (Phi) is 6.49. The first-order valence-electron chi connectivity index (χ1n) is 10.1. The molecule has 1 amide bonds. The molecule has 1 aliphatic rings. The van der Waals surface area contributed by atoms with Crippen molar-refractivity contribution in [3.63, 3.8) is 0 Å². The van der Waals surface area contributed by atoms with Crippen LogP contribution in [0.5, 0.6) is 0 Å². The van der Waals surface area contributed by atoms with Gasteiger partial charge in [0.05, 0.1) is 25.6 Å². The van der Waals surface area contributed by atoms with Crippen molar-refractivity contribution in [1.82, 2.24) is 15.0 Å². The van der Waals surface area contributed by atoms with E-state index >= 15 is 0 Å². The molecule has 0 spiro atoms. The van der Waals surface area contributed by atoms with Crippen LogP contribution in [0.15, 0.2) is 59.1 Å². The van der Waals surface area contributed by atoms with Crippen LogP contribution < -0.4 is 0 Å². The predicted molar refractivity (Wildman–Crippen MR) is 108 cm³/mol. The second-order valence-electron chi connectivity index (χ2n) is 7.47. The lowest BCUT2D eigenvalue weighted by atomic mass is 10.1. The molecule has 1 aromatic heterocycles. The summed E-state index contributed by atoms with van der Waals surface area (Å²) < 4.78 is 24.4. The summed E-state index contributed by atoms with van der Waals surface area (Å²) in [5.74, 6) is 0.868. The Morgan fingerprint density at radius 2 is 2.00 bits per heavy atom. The molecule has 1 saturated heterocycles. The maximum absolute atomic E-state index is 13.3. The van der Waals surface area contributed by atoms with Crippen molar-refractivity contribution in [3.8, 4) is 0 Å². The molecule has 1 aliphatic heterocycles. The average Bonchev–Trinajstić information content (AvgIpc) is 3.42. The molecule has 1 unspecified atom stereocenters. The molecule has 2 heterocycles. The fraction of sp³-hybridized carbons (Fsp3) is 0.348. The molecule has 156 valence electrons. The summed E-state index contributed by atoms with van der Waals surface area (Å²) in [6.45, 7) is 2.24. The third kappa shape index (κ3) is 5.30. The predicted octanol–water partition coefficient (Wildman–Crippen LogP) is 3.53. The van der Waals surface area contributed by atoms with Gasteiger partial charge in [-0.15, -0.1) is 0 Å². The molecule has 0 bridgehead atoms. The molecular formula is C23H24FN3O3. The van der Waals surface area contributed by atoms with Crippen molar-refractivity contribution in [2.24, 2.45) is 0 Å². The average molecular weight is 409 g/mol. The van der Waals surface area contributed by atoms with Gasteiger partial charge in [-0.05, 0) is 29.7 Å². The van der Waals surface area contributed by atoms with E-state index < -0.39 is 0 Å². The van der Waals surface area contributed by atoms with Gasteiger partial charge in [0.15, 0.2) is 5.82 Å². The highest BCUT2D eigenvalue weighted by atomic mass is 19.1. The van der Waals surface area contributed by atoms with Crippen LogP contribution in [0.2, 0.25) is 0 Å². The molecule has 0 saturated carbocycles. The van der Waals surface area contributed by atoms with E-state index in [0.29, 0.717) is 50.0 Å². The zero-order valence-electron chi connectivity index (χ0n) is 16.7. The molecule has 30 heavy (non-hydrogen) atoms. The number of halogens is 1. The molecule has 1 fully saturated rings. The van der Waals surface area contributed by atoms with E-state index in [-0.39, 0.29) is 24.1 Å². The molecule has 1 atom stereocenters. The van der Waals surface area contributed by atoms with E-state index in [1.54, 1.807) is 17.0 Å². The molecule has 4 rings (SSSR count). The van der Waals surface area contributed by atoms with E-state index in [4.69, 9.17) is 9.26 Å². The number of carbonyl (C=O) groups is 1. The van der Waals surface area contributed by atoms with Crippen LogP contribution in [0.3, 0.4) is 0 Å². The molecule has 3 aromatic rings. The Hall–Kier alpha value is -3.06. The normalized spacial score (nSPS) is 16.2. The third-order valence-corrected chi connectivity index (χ3v) is 5.20. The van der Waals surface area contributed by atoms with Gasteiger partial charge < -0.3 is 14.2 Å². The van der Waals surface area contributed by atoms with Gasteiger partial charge in [-0.1, -0.05) is 47.6 Å². The minimum atomic E-state index is -0.328. The van der Waals surface area contributed by atoms with E-state index in [1.807, 2.05) is 30.3 Å². The van der Waals surface area contributed by atoms with Crippen LogP contribution in [0.4, 0.5) is 4.39 Å². The lowest BCUT2D eigenvalue weighted by Gasteiger charge is -2.15. The van der Waals surface area contributed by atoms with Crippen LogP contribution >= 0.6 is 0 Å². The van der Waals surface area contributed by atoms with Gasteiger partial charge in [0.25, 0.3) is 0 Å². The Labute approximate surface area is 174 Å². The molecular weight excluding hydrogens is 385 g/mol. The van der Waals surface area contributed by atoms with Crippen LogP contribution in [0.25, 0.3) is 0 Å². The number of carbonyl (C=O) groups excluding carboxylic acids is 1. The van der Waals surface area contributed by atoms with Gasteiger partial charge in [0.2, 0.25) is 11.8 Å². The molecule has 7 heteroatoms. The van der Waals surface area contributed by atoms with E-state index in [9.17, 15) is 9.18 Å². The molecule has 0 aliphatic carbocycles. The quantitative estimate of drug-likeness (QED) is 0.533. The van der Waals surface area contributed by atoms with Gasteiger partial charge in [-0.3, -0.25) is 4.79 Å². The Morgan fingerprint density at radius 1 is 1.17 bits per heavy atom. The SMILES string of the molecule is O=C(Cc1cccc(F)c1)N1CCC(c2nc(CCOCc3ccccc3)no2)C1. The maximum atomic E-state index is 13.3. The molecule has 0 N–H and O–H groups in total. The molecule has 0 radical (unpaired) electrons. The van der Waals surface area contributed by atoms with Crippen LogP contribution in [0, 0.1) is 5.82 Å². The summed E-state index contributed by atoms with van der Waals surface area (Å²) in [5.41, 5.74) is 1.80. The molecule has 6 nitrogen and oxygen atoms in total. The van der Waals surface area contributed by atoms with Gasteiger partial charge in [-0.2, -0.15) is 4.98 Å². The number of nitrogens with zero attached hydrogens (tertiary/aromatic N) is 3. The highest BCUT2D eigenvalue weighted by Gasteiger charge is 2.31. The largest absolute Gasteiger partial charge is 0.376 e. The van der Waals surface area contributed by atoms with E-state index in [1.165, 1.54) is 12.1 Å². The molecule has 2 aromatic carbocycles. The van der Waals surface area contributed by atoms with Gasteiger partial charge in [0.1, 0.15) is 5.82 Å². The third-order valence-electron chi connectivity index (χ3n) is 5.20. The van der Waals surface area contributed by atoms with Crippen LogP contribution in [0.1, 0.15) is 35.2 Å². The van der Waals surface area contributed by atoms with Crippen LogP contribution in [-0.4, -0.2) is 40.6 Å². The number of likely N-dealkylation sites (tertiary alicyclic amines) is 1. The Bertz CT molecular complexity index is 977. The number of ether oxygens (including phenoxy) is 1. The summed E-state index contributed by atoms with van der Waals surface area (Å²) >= 11 is 0. The second-order valence-corrected chi connectivity index (χ2v) is 7.47. The smallest absolute Gasteiger partial charge is 0.231 e. The van der Waals surface area contributed by atoms with E-state index in [2.05, 4.69) is 10.1 Å². The summed E-state index contributed by atoms with van der Waals surface area (Å²) in [6, 6.07) is 16.1. The second kappa shape index (κ2) is 9.63.